The van der Waals surface area contributed by atoms with Gasteiger partial charge < -0.3 is 14.8 Å². The lowest BCUT2D eigenvalue weighted by molar-refractivity contribution is 0.0997. The van der Waals surface area contributed by atoms with Gasteiger partial charge in [-0.1, -0.05) is 0 Å². The first-order chi connectivity index (χ1) is 8.06. The molecule has 5 heteroatoms. The number of benzene rings is 1. The standard InChI is InChI=1S/C12H10ClNO3/c1-7-6-8(2-3-9(7)15)14-12(16)10-4-5-11(13)17-10/h2-6,15H,1H3,(H,14,16). The van der Waals surface area contributed by atoms with Gasteiger partial charge in [0.2, 0.25) is 0 Å². The molecular formula is C12H10ClNO3. The lowest BCUT2D eigenvalue weighted by Crippen LogP contribution is -2.10. The SMILES string of the molecule is Cc1cc(NC(=O)c2ccc(Cl)o2)ccc1O. The van der Waals surface area contributed by atoms with E-state index in [1.807, 2.05) is 0 Å². The molecule has 4 nitrogen and oxygen atoms in total. The van der Waals surface area contributed by atoms with E-state index in [0.717, 1.165) is 0 Å². The maximum absolute atomic E-state index is 11.7. The van der Waals surface area contributed by atoms with Crippen LogP contribution >= 0.6 is 11.6 Å². The average Bonchev–Trinajstić information content (AvgIpc) is 2.70. The summed E-state index contributed by atoms with van der Waals surface area (Å²) >= 11 is 5.57. The summed E-state index contributed by atoms with van der Waals surface area (Å²) in [5, 5.41) is 12.2. The first-order valence-corrected chi connectivity index (χ1v) is 5.30. The van der Waals surface area contributed by atoms with Crippen molar-refractivity contribution < 1.29 is 14.3 Å². The molecule has 17 heavy (non-hydrogen) atoms. The number of aromatic hydroxyl groups is 1. The second-order valence-corrected chi connectivity index (χ2v) is 3.93. The van der Waals surface area contributed by atoms with Gasteiger partial charge >= 0.3 is 0 Å². The number of hydrogen-bond acceptors (Lipinski definition) is 3. The minimum Gasteiger partial charge on any atom is -0.508 e. The smallest absolute Gasteiger partial charge is 0.291 e. The molecule has 2 N–H and O–H groups in total. The van der Waals surface area contributed by atoms with Gasteiger partial charge in [0.25, 0.3) is 5.91 Å². The third-order valence-corrected chi connectivity index (χ3v) is 2.45. The number of furan rings is 1. The minimum atomic E-state index is -0.387. The van der Waals surface area contributed by atoms with Crippen molar-refractivity contribution >= 4 is 23.2 Å². The Kier molecular flexibility index (Phi) is 3.06. The van der Waals surface area contributed by atoms with Crippen molar-refractivity contribution in [3.63, 3.8) is 0 Å². The van der Waals surface area contributed by atoms with Crippen LogP contribution in [0.2, 0.25) is 5.22 Å². The van der Waals surface area contributed by atoms with E-state index in [0.29, 0.717) is 11.3 Å². The van der Waals surface area contributed by atoms with Gasteiger partial charge in [0.15, 0.2) is 11.0 Å². The summed E-state index contributed by atoms with van der Waals surface area (Å²) in [6.07, 6.45) is 0. The molecule has 0 bridgehead atoms. The number of anilines is 1. The monoisotopic (exact) mass is 251 g/mol. The van der Waals surface area contributed by atoms with Crippen LogP contribution in [0.5, 0.6) is 5.75 Å². The quantitative estimate of drug-likeness (QED) is 0.806. The average molecular weight is 252 g/mol. The zero-order valence-electron chi connectivity index (χ0n) is 9.03. The lowest BCUT2D eigenvalue weighted by atomic mass is 10.2. The molecular weight excluding hydrogens is 242 g/mol. The van der Waals surface area contributed by atoms with E-state index in [1.54, 1.807) is 19.1 Å². The van der Waals surface area contributed by atoms with E-state index in [1.165, 1.54) is 18.2 Å². The highest BCUT2D eigenvalue weighted by atomic mass is 35.5. The van der Waals surface area contributed by atoms with Crippen LogP contribution in [0.15, 0.2) is 34.7 Å². The van der Waals surface area contributed by atoms with Crippen LogP contribution in [0.25, 0.3) is 0 Å². The molecule has 0 unspecified atom stereocenters. The van der Waals surface area contributed by atoms with Gasteiger partial charge in [-0.15, -0.1) is 0 Å². The van der Waals surface area contributed by atoms with E-state index >= 15 is 0 Å². The van der Waals surface area contributed by atoms with E-state index in [4.69, 9.17) is 16.0 Å². The van der Waals surface area contributed by atoms with Crippen molar-refractivity contribution in [2.45, 2.75) is 6.92 Å². The van der Waals surface area contributed by atoms with Crippen LogP contribution in [0.4, 0.5) is 5.69 Å². The Hall–Kier alpha value is -1.94. The van der Waals surface area contributed by atoms with Gasteiger partial charge in [-0.2, -0.15) is 0 Å². The summed E-state index contributed by atoms with van der Waals surface area (Å²) in [4.78, 5) is 11.7. The summed E-state index contributed by atoms with van der Waals surface area (Å²) in [6.45, 7) is 1.74. The highest BCUT2D eigenvalue weighted by molar-refractivity contribution is 6.29. The Morgan fingerprint density at radius 3 is 2.71 bits per heavy atom. The molecule has 1 aromatic heterocycles. The molecule has 2 aromatic rings. The van der Waals surface area contributed by atoms with Crippen LogP contribution in [0.3, 0.4) is 0 Å². The van der Waals surface area contributed by atoms with Crippen LogP contribution in [-0.4, -0.2) is 11.0 Å². The van der Waals surface area contributed by atoms with Crippen molar-refractivity contribution in [2.24, 2.45) is 0 Å². The highest BCUT2D eigenvalue weighted by Gasteiger charge is 2.11. The van der Waals surface area contributed by atoms with Crippen molar-refractivity contribution in [2.75, 3.05) is 5.32 Å². The highest BCUT2D eigenvalue weighted by Crippen LogP contribution is 2.21. The molecule has 0 fully saturated rings. The lowest BCUT2D eigenvalue weighted by Gasteiger charge is -2.05. The minimum absolute atomic E-state index is 0.140. The van der Waals surface area contributed by atoms with Crippen LogP contribution < -0.4 is 5.32 Å². The second kappa shape index (κ2) is 4.51. The first kappa shape index (κ1) is 11.5. The summed E-state index contributed by atoms with van der Waals surface area (Å²) in [5.41, 5.74) is 1.26. The van der Waals surface area contributed by atoms with Crippen molar-refractivity contribution in [1.82, 2.24) is 0 Å². The fraction of sp³-hybridized carbons (Fsp3) is 0.0833. The summed E-state index contributed by atoms with van der Waals surface area (Å²) in [7, 11) is 0. The van der Waals surface area contributed by atoms with Crippen molar-refractivity contribution in [1.29, 1.82) is 0 Å². The number of carbonyl (C=O) groups is 1. The van der Waals surface area contributed by atoms with E-state index in [-0.39, 0.29) is 22.6 Å². The molecule has 0 aliphatic rings. The van der Waals surface area contributed by atoms with Crippen LogP contribution in [-0.2, 0) is 0 Å². The molecule has 0 aliphatic carbocycles. The molecule has 0 saturated carbocycles. The van der Waals surface area contributed by atoms with Crippen molar-refractivity contribution in [3.8, 4) is 5.75 Å². The maximum atomic E-state index is 11.7. The Labute approximate surface area is 103 Å². The summed E-state index contributed by atoms with van der Waals surface area (Å²) in [6, 6.07) is 7.77. The Balaban J connectivity index is 2.15. The fourth-order valence-corrected chi connectivity index (χ4v) is 1.51. The molecule has 1 aromatic carbocycles. The molecule has 1 amide bonds. The number of amides is 1. The zero-order chi connectivity index (χ0) is 12.4. The molecule has 0 atom stereocenters. The largest absolute Gasteiger partial charge is 0.508 e. The number of phenolic OH excluding ortho intramolecular Hbond substituents is 1. The van der Waals surface area contributed by atoms with Crippen LogP contribution in [0, 0.1) is 6.92 Å². The summed E-state index contributed by atoms with van der Waals surface area (Å²) < 4.78 is 4.98. The molecule has 0 saturated heterocycles. The maximum Gasteiger partial charge on any atom is 0.291 e. The van der Waals surface area contributed by atoms with E-state index in [9.17, 15) is 9.90 Å². The van der Waals surface area contributed by atoms with Gasteiger partial charge in [-0.05, 0) is 54.4 Å². The third kappa shape index (κ3) is 2.60. The number of aryl methyl sites for hydroxylation is 1. The Bertz CT molecular complexity index is 563. The third-order valence-electron chi connectivity index (χ3n) is 2.25. The molecule has 1 heterocycles. The molecule has 0 aliphatic heterocycles. The van der Waals surface area contributed by atoms with Gasteiger partial charge in [-0.3, -0.25) is 4.79 Å². The summed E-state index contributed by atoms with van der Waals surface area (Å²) in [5.74, 6) is -0.0632. The second-order valence-electron chi connectivity index (χ2n) is 3.56. The molecule has 88 valence electrons. The first-order valence-electron chi connectivity index (χ1n) is 4.92. The van der Waals surface area contributed by atoms with Gasteiger partial charge in [0, 0.05) is 5.69 Å². The number of phenols is 1. The topological polar surface area (TPSA) is 62.5 Å². The van der Waals surface area contributed by atoms with E-state index in [2.05, 4.69) is 5.32 Å². The van der Waals surface area contributed by atoms with Crippen LogP contribution in [0.1, 0.15) is 16.1 Å². The number of halogens is 1. The number of carbonyl (C=O) groups excluding carboxylic acids is 1. The van der Waals surface area contributed by atoms with Gasteiger partial charge in [0.1, 0.15) is 5.75 Å². The number of rotatable bonds is 2. The van der Waals surface area contributed by atoms with E-state index < -0.39 is 0 Å². The van der Waals surface area contributed by atoms with Gasteiger partial charge in [-0.25, -0.2) is 0 Å². The Morgan fingerprint density at radius 2 is 2.12 bits per heavy atom. The predicted octanol–water partition coefficient (Wildman–Crippen LogP) is 3.20. The fourth-order valence-electron chi connectivity index (χ4n) is 1.36. The normalized spacial score (nSPS) is 10.2. The Morgan fingerprint density at radius 1 is 1.35 bits per heavy atom. The number of hydrogen-bond donors (Lipinski definition) is 2. The predicted molar refractivity (Wildman–Crippen MR) is 64.5 cm³/mol. The molecule has 0 spiro atoms. The zero-order valence-corrected chi connectivity index (χ0v) is 9.78. The number of nitrogens with one attached hydrogen (secondary N) is 1. The van der Waals surface area contributed by atoms with Crippen molar-refractivity contribution in [3.05, 3.63) is 46.9 Å². The molecule has 2 rings (SSSR count). The molecule has 0 radical (unpaired) electrons. The van der Waals surface area contributed by atoms with Gasteiger partial charge in [0.05, 0.1) is 0 Å².